The number of benzene rings is 1. The maximum absolute atomic E-state index is 4.46. The van der Waals surface area contributed by atoms with Gasteiger partial charge in [-0.05, 0) is 0 Å². The Morgan fingerprint density at radius 3 is 2.20 bits per heavy atom. The zero-order chi connectivity index (χ0) is 20.6. The molecule has 0 heterocycles. The van der Waals surface area contributed by atoms with Crippen LogP contribution in [-0.4, -0.2) is 14.7 Å². The number of aryl methyl sites for hydroxylation is 2. The van der Waals surface area contributed by atoms with Gasteiger partial charge in [0.05, 0.1) is 0 Å². The van der Waals surface area contributed by atoms with Crippen molar-refractivity contribution in [2.75, 3.05) is 0 Å². The molecule has 30 heavy (non-hydrogen) atoms. The van der Waals surface area contributed by atoms with Gasteiger partial charge in [0.15, 0.2) is 0 Å². The number of hydrogen-bond acceptors (Lipinski definition) is 0. The Morgan fingerprint density at radius 2 is 1.57 bits per heavy atom. The summed E-state index contributed by atoms with van der Waals surface area (Å²) in [5.74, 6) is 0. The molecule has 0 radical (unpaired) electrons. The summed E-state index contributed by atoms with van der Waals surface area (Å²) < 4.78 is 12.6. The third-order valence-corrected chi connectivity index (χ3v) is 47.3. The van der Waals surface area contributed by atoms with Crippen LogP contribution in [0.15, 0.2) is 42.0 Å². The van der Waals surface area contributed by atoms with Crippen LogP contribution in [0.3, 0.4) is 0 Å². The summed E-state index contributed by atoms with van der Waals surface area (Å²) in [6.45, 7) is 2.31. The quantitative estimate of drug-likeness (QED) is 0.437. The summed E-state index contributed by atoms with van der Waals surface area (Å²) in [5.41, 5.74) is 8.08. The Labute approximate surface area is 192 Å². The van der Waals surface area contributed by atoms with E-state index in [0.717, 1.165) is 0 Å². The van der Waals surface area contributed by atoms with Crippen LogP contribution in [0.1, 0.15) is 58.5 Å². The molecule has 0 amide bonds. The van der Waals surface area contributed by atoms with E-state index in [0.29, 0.717) is 7.25 Å². The topological polar surface area (TPSA) is 0 Å². The summed E-state index contributed by atoms with van der Waals surface area (Å²) in [5, 5.41) is 0. The van der Waals surface area contributed by atoms with E-state index < -0.39 is 12.7 Å². The van der Waals surface area contributed by atoms with Crippen molar-refractivity contribution in [2.24, 2.45) is 0 Å². The van der Waals surface area contributed by atoms with E-state index in [1.165, 1.54) is 58.8 Å². The molecule has 0 aliphatic heterocycles. The van der Waals surface area contributed by atoms with E-state index in [1.54, 1.807) is 22.3 Å². The Bertz CT molecular complexity index is 1010. The molecule has 2 atom stereocenters. The van der Waals surface area contributed by atoms with Crippen LogP contribution in [0.4, 0.5) is 0 Å². The maximum Gasteiger partial charge on any atom is -1.00 e. The predicted octanol–water partition coefficient (Wildman–Crippen LogP) is -0.224. The van der Waals surface area contributed by atoms with Crippen LogP contribution in [0.25, 0.3) is 6.08 Å². The average molecular weight is 561 g/mol. The van der Waals surface area contributed by atoms with E-state index in [4.69, 9.17) is 0 Å². The molecule has 0 saturated heterocycles. The van der Waals surface area contributed by atoms with Gasteiger partial charge in [-0.2, -0.15) is 0 Å². The fraction of sp³-hybridized carbons (Fsp3) is 0.520. The number of fused-ring (bicyclic) bond motifs is 2. The van der Waals surface area contributed by atoms with Crippen LogP contribution in [0.5, 0.6) is 0 Å². The third-order valence-electron chi connectivity index (χ3n) is 9.07. The van der Waals surface area contributed by atoms with Crippen molar-refractivity contribution in [3.63, 3.8) is 0 Å². The standard InChI is InChI=1S/C12H11.C9H13.4CH3.2ClH.2H3Si.Zr/c1-3-9-7-11-5-2-6-12(11)8-10(9)4-1;1-2-3-6-9-7-4-5-8-9;;;;;;;;;/h1,3-4,7-8H,2,5-6H2;4-5,7-8H,2-3,6H2,1H3;4*1H3;2*1H;2*1H3;/p-2. The summed E-state index contributed by atoms with van der Waals surface area (Å²) >= 11 is -4.46. The van der Waals surface area contributed by atoms with Crippen LogP contribution in [0, 0.1) is 0 Å². The Kier molecular flexibility index (Phi) is 5.37. The second-order valence-corrected chi connectivity index (χ2v) is 160. The van der Waals surface area contributed by atoms with Crippen LogP contribution in [0.2, 0.25) is 22.2 Å². The normalized spacial score (nSPS) is 27.0. The molecule has 1 aromatic carbocycles. The molecule has 0 nitrogen and oxygen atoms in total. The predicted molar refractivity (Wildman–Crippen MR) is 134 cm³/mol. The second kappa shape index (κ2) is 6.06. The zero-order valence-electron chi connectivity index (χ0n) is 20.2. The molecule has 3 aliphatic rings. The van der Waals surface area contributed by atoms with Gasteiger partial charge in [-0.25, -0.2) is 0 Å². The van der Waals surface area contributed by atoms with Crippen LogP contribution < -0.4 is 24.8 Å². The van der Waals surface area contributed by atoms with Crippen molar-refractivity contribution < 1.29 is 37.5 Å². The van der Waals surface area contributed by atoms with Gasteiger partial charge in [-0.15, -0.1) is 0 Å². The zero-order valence-corrected chi connectivity index (χ0v) is 28.2. The van der Waals surface area contributed by atoms with E-state index in [-0.39, 0.29) is 24.8 Å². The first-order chi connectivity index (χ1) is 12.5. The number of allylic oxidation sites excluding steroid dienone is 5. The van der Waals surface area contributed by atoms with Gasteiger partial charge in [0, 0.05) is 0 Å². The monoisotopic (exact) mass is 558 g/mol. The molecule has 0 fully saturated rings. The van der Waals surface area contributed by atoms with E-state index in [9.17, 15) is 0 Å². The van der Waals surface area contributed by atoms with Crippen LogP contribution >= 0.6 is 0 Å². The van der Waals surface area contributed by atoms with Gasteiger partial charge in [0.25, 0.3) is 0 Å². The van der Waals surface area contributed by atoms with Crippen molar-refractivity contribution in [3.05, 3.63) is 64.3 Å². The van der Waals surface area contributed by atoms with Crippen LogP contribution in [-0.2, 0) is 25.5 Å². The van der Waals surface area contributed by atoms with Gasteiger partial charge in [-0.1, -0.05) is 0 Å². The second-order valence-electron chi connectivity index (χ2n) is 17.8. The van der Waals surface area contributed by atoms with Gasteiger partial charge < -0.3 is 24.8 Å². The number of unbranched alkanes of at least 4 members (excludes halogenated alkanes) is 1. The summed E-state index contributed by atoms with van der Waals surface area (Å²) in [6, 6.07) is 5.18. The minimum atomic E-state index is -4.46. The molecule has 2 unspecified atom stereocenters. The van der Waals surface area contributed by atoms with Gasteiger partial charge >= 0.3 is 169 Å². The summed E-state index contributed by atoms with van der Waals surface area (Å²) in [4.78, 5) is 0. The smallest absolute Gasteiger partial charge is 1.00 e. The number of hydrogen-bond donors (Lipinski definition) is 0. The van der Waals surface area contributed by atoms with E-state index in [1.807, 2.05) is 0 Å². The molecular weight excluding hydrogens is 519 g/mol. The molecule has 0 bridgehead atoms. The van der Waals surface area contributed by atoms with Gasteiger partial charge in [0.2, 0.25) is 0 Å². The van der Waals surface area contributed by atoms with Crippen molar-refractivity contribution in [1.29, 1.82) is 0 Å². The van der Waals surface area contributed by atoms with E-state index in [2.05, 4.69) is 68.0 Å². The maximum atomic E-state index is 2.84. The Hall–Kier alpha value is 0.337. The molecule has 5 heteroatoms. The summed E-state index contributed by atoms with van der Waals surface area (Å²) in [6.07, 6.45) is 20.8. The molecule has 170 valence electrons. The van der Waals surface area contributed by atoms with Crippen molar-refractivity contribution in [1.82, 2.24) is 0 Å². The minimum absolute atomic E-state index is 0. The van der Waals surface area contributed by atoms with Gasteiger partial charge in [-0.3, -0.25) is 0 Å². The largest absolute Gasteiger partial charge is 1.00 e. The first-order valence-corrected chi connectivity index (χ1v) is 41.2. The minimum Gasteiger partial charge on any atom is -1.00 e. The van der Waals surface area contributed by atoms with Crippen molar-refractivity contribution >= 4 is 20.8 Å². The fourth-order valence-corrected chi connectivity index (χ4v) is 33.3. The molecule has 0 saturated carbocycles. The SMILES string of the molecule is CCCCC1=C[CH]([Zr]([CH3])([CH3])([CH3])([CH3])([SiH3])([SiH3])[CH]2C=Cc3cc4c(cc32)CCC4)C=C1.[Cl-].[Cl-]. The first-order valence-electron chi connectivity index (χ1n) is 11.8. The third kappa shape index (κ3) is 4.05. The van der Waals surface area contributed by atoms with Gasteiger partial charge in [0.1, 0.15) is 0 Å². The summed E-state index contributed by atoms with van der Waals surface area (Å²) in [7, 11) is 2.58. The molecule has 4 rings (SSSR count). The number of rotatable bonds is 5. The van der Waals surface area contributed by atoms with Crippen molar-refractivity contribution in [3.8, 4) is 0 Å². The Morgan fingerprint density at radius 1 is 0.933 bits per heavy atom. The van der Waals surface area contributed by atoms with Crippen molar-refractivity contribution in [2.45, 2.75) is 71.2 Å². The molecule has 0 aromatic heterocycles. The molecular formula is C25H42Cl2Si2Zr-2. The van der Waals surface area contributed by atoms with E-state index >= 15 is 0 Å². The molecule has 0 N–H and O–H groups in total. The number of halogens is 2. The first kappa shape index (κ1) is 26.6. The fourth-order valence-electron chi connectivity index (χ4n) is 6.54. The molecule has 3 aliphatic carbocycles. The Balaban J connectivity index is 0.00000160. The molecule has 1 aromatic rings. The average Bonchev–Trinajstić information content (AvgIpc) is 3.27. The molecule has 0 spiro atoms.